The molecule has 1 unspecified atom stereocenters. The average Bonchev–Trinajstić information content (AvgIpc) is 2.90. The Morgan fingerprint density at radius 2 is 1.90 bits per heavy atom. The van der Waals surface area contributed by atoms with Gasteiger partial charge in [0.15, 0.2) is 0 Å². The first-order valence-corrected chi connectivity index (χ1v) is 8.59. The molecule has 114 valence electrons. The van der Waals surface area contributed by atoms with Gasteiger partial charge in [0, 0.05) is 28.4 Å². The molecule has 21 heavy (non-hydrogen) atoms. The summed E-state index contributed by atoms with van der Waals surface area (Å²) in [5.41, 5.74) is 2.52. The molecule has 1 heterocycles. The molecule has 0 fully saturated rings. The fraction of sp³-hybridized carbons (Fsp3) is 0.471. The van der Waals surface area contributed by atoms with Crippen LogP contribution in [0.4, 0.5) is 0 Å². The lowest BCUT2D eigenvalue weighted by molar-refractivity contribution is 0.512. The molecule has 0 spiro atoms. The second-order valence-electron chi connectivity index (χ2n) is 6.29. The number of hydrogen-bond donors (Lipinski definition) is 1. The highest BCUT2D eigenvalue weighted by molar-refractivity contribution is 7.09. The normalized spacial score (nSPS) is 13.4. The Hall–Kier alpha value is -0.900. The molecular weight excluding hydrogens is 300 g/mol. The van der Waals surface area contributed by atoms with Gasteiger partial charge < -0.3 is 5.32 Å². The standard InChI is InChI=1S/C17H23ClN2S/c1-5-15(12-6-8-13(18)9-7-12)19-10-14-11-21-16(20-14)17(2,3)4/h6-9,11,15,19H,5,10H2,1-4H3. The fourth-order valence-electron chi connectivity index (χ4n) is 2.15. The number of aromatic nitrogens is 1. The monoisotopic (exact) mass is 322 g/mol. The Bertz CT molecular complexity index is 569. The SMILES string of the molecule is CCC(NCc1csc(C(C)(C)C)n1)c1ccc(Cl)cc1. The van der Waals surface area contributed by atoms with Gasteiger partial charge in [0.1, 0.15) is 0 Å². The molecule has 2 rings (SSSR count). The molecule has 0 aliphatic heterocycles. The van der Waals surface area contributed by atoms with Crippen LogP contribution in [0.15, 0.2) is 29.6 Å². The Kier molecular flexibility index (Phi) is 5.42. The minimum atomic E-state index is 0.128. The van der Waals surface area contributed by atoms with Crippen molar-refractivity contribution >= 4 is 22.9 Å². The summed E-state index contributed by atoms with van der Waals surface area (Å²) in [4.78, 5) is 4.73. The third kappa shape index (κ3) is 4.53. The minimum absolute atomic E-state index is 0.128. The number of rotatable bonds is 5. The highest BCUT2D eigenvalue weighted by atomic mass is 35.5. The van der Waals surface area contributed by atoms with Crippen molar-refractivity contribution in [2.24, 2.45) is 0 Å². The van der Waals surface area contributed by atoms with Crippen molar-refractivity contribution in [3.8, 4) is 0 Å². The van der Waals surface area contributed by atoms with Crippen molar-refractivity contribution in [1.29, 1.82) is 0 Å². The molecule has 1 aromatic carbocycles. The maximum atomic E-state index is 5.95. The molecule has 0 saturated heterocycles. The number of benzene rings is 1. The van der Waals surface area contributed by atoms with Crippen molar-refractivity contribution in [2.75, 3.05) is 0 Å². The molecule has 0 aliphatic carbocycles. The van der Waals surface area contributed by atoms with E-state index in [1.807, 2.05) is 12.1 Å². The molecule has 1 atom stereocenters. The van der Waals surface area contributed by atoms with Crippen LogP contribution in [0.5, 0.6) is 0 Å². The zero-order chi connectivity index (χ0) is 15.5. The van der Waals surface area contributed by atoms with E-state index in [0.717, 1.165) is 23.7 Å². The average molecular weight is 323 g/mol. The summed E-state index contributed by atoms with van der Waals surface area (Å²) < 4.78 is 0. The molecule has 1 aromatic heterocycles. The van der Waals surface area contributed by atoms with Crippen LogP contribution < -0.4 is 5.32 Å². The van der Waals surface area contributed by atoms with Crippen LogP contribution in [-0.4, -0.2) is 4.98 Å². The maximum Gasteiger partial charge on any atom is 0.0982 e. The maximum absolute atomic E-state index is 5.95. The molecule has 0 bridgehead atoms. The minimum Gasteiger partial charge on any atom is -0.304 e. The highest BCUT2D eigenvalue weighted by Gasteiger charge is 2.18. The van der Waals surface area contributed by atoms with E-state index < -0.39 is 0 Å². The van der Waals surface area contributed by atoms with E-state index in [9.17, 15) is 0 Å². The zero-order valence-corrected chi connectivity index (χ0v) is 14.7. The molecule has 1 N–H and O–H groups in total. The summed E-state index contributed by atoms with van der Waals surface area (Å²) in [6, 6.07) is 8.40. The van der Waals surface area contributed by atoms with Gasteiger partial charge in [0.25, 0.3) is 0 Å². The fourth-order valence-corrected chi connectivity index (χ4v) is 3.19. The van der Waals surface area contributed by atoms with E-state index in [0.29, 0.717) is 6.04 Å². The van der Waals surface area contributed by atoms with Crippen molar-refractivity contribution < 1.29 is 0 Å². The van der Waals surface area contributed by atoms with Crippen molar-refractivity contribution in [3.63, 3.8) is 0 Å². The van der Waals surface area contributed by atoms with Crippen LogP contribution in [0.1, 0.15) is 56.4 Å². The molecule has 0 radical (unpaired) electrons. The molecule has 2 aromatic rings. The van der Waals surface area contributed by atoms with Crippen LogP contribution in [-0.2, 0) is 12.0 Å². The molecule has 0 saturated carbocycles. The van der Waals surface area contributed by atoms with E-state index in [2.05, 4.69) is 50.5 Å². The van der Waals surface area contributed by atoms with E-state index in [-0.39, 0.29) is 5.41 Å². The van der Waals surface area contributed by atoms with Gasteiger partial charge in [-0.15, -0.1) is 11.3 Å². The van der Waals surface area contributed by atoms with Gasteiger partial charge in [-0.1, -0.05) is 51.4 Å². The smallest absolute Gasteiger partial charge is 0.0982 e. The van der Waals surface area contributed by atoms with Crippen LogP contribution in [0.3, 0.4) is 0 Å². The Morgan fingerprint density at radius 1 is 1.24 bits per heavy atom. The lowest BCUT2D eigenvalue weighted by Gasteiger charge is -2.17. The second-order valence-corrected chi connectivity index (χ2v) is 7.58. The summed E-state index contributed by atoms with van der Waals surface area (Å²) in [5.74, 6) is 0. The largest absolute Gasteiger partial charge is 0.304 e. The number of halogens is 1. The second kappa shape index (κ2) is 6.91. The summed E-state index contributed by atoms with van der Waals surface area (Å²) in [7, 11) is 0. The van der Waals surface area contributed by atoms with Crippen molar-refractivity contribution in [2.45, 2.75) is 52.1 Å². The summed E-state index contributed by atoms with van der Waals surface area (Å²) >= 11 is 7.69. The van der Waals surface area contributed by atoms with E-state index in [1.165, 1.54) is 10.6 Å². The van der Waals surface area contributed by atoms with Gasteiger partial charge in [-0.2, -0.15) is 0 Å². The molecular formula is C17H23ClN2S. The van der Waals surface area contributed by atoms with Gasteiger partial charge in [-0.3, -0.25) is 0 Å². The quantitative estimate of drug-likeness (QED) is 0.804. The van der Waals surface area contributed by atoms with Gasteiger partial charge in [-0.25, -0.2) is 4.98 Å². The zero-order valence-electron chi connectivity index (χ0n) is 13.1. The Labute approximate surface area is 136 Å². The summed E-state index contributed by atoms with van der Waals surface area (Å²) in [6.45, 7) is 9.59. The van der Waals surface area contributed by atoms with E-state index >= 15 is 0 Å². The first-order valence-electron chi connectivity index (χ1n) is 7.34. The first-order chi connectivity index (χ1) is 9.90. The highest BCUT2D eigenvalue weighted by Crippen LogP contribution is 2.26. The van der Waals surface area contributed by atoms with Crippen molar-refractivity contribution in [1.82, 2.24) is 10.3 Å². The lowest BCUT2D eigenvalue weighted by atomic mass is 9.98. The third-order valence-electron chi connectivity index (χ3n) is 3.40. The topological polar surface area (TPSA) is 24.9 Å². The summed E-state index contributed by atoms with van der Waals surface area (Å²) in [6.07, 6.45) is 1.04. The van der Waals surface area contributed by atoms with Gasteiger partial charge in [0.05, 0.1) is 10.7 Å². The van der Waals surface area contributed by atoms with Crippen LogP contribution in [0.2, 0.25) is 5.02 Å². The Balaban J connectivity index is 2.00. The summed E-state index contributed by atoms with van der Waals surface area (Å²) in [5, 5.41) is 7.72. The number of nitrogens with one attached hydrogen (secondary N) is 1. The van der Waals surface area contributed by atoms with E-state index in [1.54, 1.807) is 11.3 Å². The predicted octanol–water partition coefficient (Wildman–Crippen LogP) is 5.33. The van der Waals surface area contributed by atoms with Crippen LogP contribution in [0, 0.1) is 0 Å². The molecule has 0 amide bonds. The first kappa shape index (κ1) is 16.5. The third-order valence-corrected chi connectivity index (χ3v) is 4.97. The number of thiazole rings is 1. The predicted molar refractivity (Wildman–Crippen MR) is 92.1 cm³/mol. The van der Waals surface area contributed by atoms with Gasteiger partial charge in [0.2, 0.25) is 0 Å². The van der Waals surface area contributed by atoms with E-state index in [4.69, 9.17) is 16.6 Å². The van der Waals surface area contributed by atoms with Crippen molar-refractivity contribution in [3.05, 3.63) is 50.9 Å². The van der Waals surface area contributed by atoms with Crippen LogP contribution >= 0.6 is 22.9 Å². The number of hydrogen-bond acceptors (Lipinski definition) is 3. The van der Waals surface area contributed by atoms with Gasteiger partial charge in [-0.05, 0) is 24.1 Å². The Morgan fingerprint density at radius 3 is 2.43 bits per heavy atom. The molecule has 0 aliphatic rings. The van der Waals surface area contributed by atoms with Gasteiger partial charge >= 0.3 is 0 Å². The molecule has 2 nitrogen and oxygen atoms in total. The molecule has 4 heteroatoms. The number of nitrogens with zero attached hydrogens (tertiary/aromatic N) is 1. The lowest BCUT2D eigenvalue weighted by Crippen LogP contribution is -2.20. The van der Waals surface area contributed by atoms with Crippen LogP contribution in [0.25, 0.3) is 0 Å².